The minimum absolute atomic E-state index is 0. The van der Waals surface area contributed by atoms with Gasteiger partial charge in [-0.3, -0.25) is 4.99 Å². The van der Waals surface area contributed by atoms with Crippen LogP contribution in [0, 0.1) is 0 Å². The molecule has 1 aromatic rings. The second-order valence-corrected chi connectivity index (χ2v) is 7.42. The predicted octanol–water partition coefficient (Wildman–Crippen LogP) is 6.42. The Bertz CT molecular complexity index is 563. The van der Waals surface area contributed by atoms with E-state index in [2.05, 4.69) is 63.1 Å². The van der Waals surface area contributed by atoms with Crippen LogP contribution in [0.4, 0.5) is 10.5 Å². The maximum atomic E-state index is 11.7. The third kappa shape index (κ3) is 7.28. The van der Waals surface area contributed by atoms with Crippen LogP contribution in [0.1, 0.15) is 70.9 Å². The van der Waals surface area contributed by atoms with E-state index in [1.54, 1.807) is 0 Å². The normalized spacial score (nSPS) is 12.8. The number of halogens is 1. The van der Waals surface area contributed by atoms with Crippen LogP contribution < -0.4 is 5.32 Å². The van der Waals surface area contributed by atoms with Crippen molar-refractivity contribution in [2.75, 3.05) is 12.4 Å². The molecule has 6 heteroatoms. The Morgan fingerprint density at radius 3 is 2.08 bits per heavy atom. The van der Waals surface area contributed by atoms with Crippen LogP contribution in [0.3, 0.4) is 0 Å². The first kappa shape index (κ1) is 23.8. The largest absolute Gasteiger partial charge is 0.461 e. The molecule has 25 heavy (non-hydrogen) atoms. The van der Waals surface area contributed by atoms with Gasteiger partial charge in [-0.15, -0.1) is 12.4 Å². The van der Waals surface area contributed by atoms with E-state index in [1.165, 1.54) is 18.2 Å². The predicted molar refractivity (Wildman–Crippen MR) is 113 cm³/mol. The number of carbonyl (C=O) groups is 1. The average molecular weight is 387 g/mol. The standard InChI is InChI=1S/C19H30N2O2S.ClH/c1-8-14(6)20-18(24-19(22)23-7)21-17-15(12(2)3)10-9-11-16(17)13(4)5;/h9-14H,8H2,1-7H3,(H,20,21);1H. The van der Waals surface area contributed by atoms with Gasteiger partial charge in [0.2, 0.25) is 0 Å². The molecular formula is C19H31ClN2O2S. The van der Waals surface area contributed by atoms with Crippen LogP contribution in [-0.4, -0.2) is 23.6 Å². The van der Waals surface area contributed by atoms with Gasteiger partial charge in [-0.2, -0.15) is 0 Å². The van der Waals surface area contributed by atoms with E-state index >= 15 is 0 Å². The van der Waals surface area contributed by atoms with Gasteiger partial charge in [0.25, 0.3) is 0 Å². The quantitative estimate of drug-likeness (QED) is 0.360. The zero-order valence-corrected chi connectivity index (χ0v) is 17.9. The summed E-state index contributed by atoms with van der Waals surface area (Å²) in [7, 11) is 1.39. The molecule has 0 aliphatic carbocycles. The van der Waals surface area contributed by atoms with Crippen LogP contribution in [-0.2, 0) is 4.74 Å². The minimum atomic E-state index is -0.363. The zero-order valence-electron chi connectivity index (χ0n) is 16.3. The number of aliphatic imine (C=N–C) groups is 1. The third-order valence-electron chi connectivity index (χ3n) is 3.88. The van der Waals surface area contributed by atoms with E-state index in [4.69, 9.17) is 4.74 Å². The van der Waals surface area contributed by atoms with E-state index < -0.39 is 0 Å². The molecule has 1 atom stereocenters. The van der Waals surface area contributed by atoms with Gasteiger partial charge < -0.3 is 10.1 Å². The first-order valence-electron chi connectivity index (χ1n) is 8.53. The molecule has 4 nitrogen and oxygen atoms in total. The SMILES string of the molecule is CCC(C)N=C(Nc1c(C(C)C)cccc1C(C)C)SC(=O)OC.Cl. The number of rotatable bonds is 5. The highest BCUT2D eigenvalue weighted by Gasteiger charge is 2.18. The van der Waals surface area contributed by atoms with Crippen molar-refractivity contribution in [3.05, 3.63) is 29.3 Å². The van der Waals surface area contributed by atoms with E-state index in [0.29, 0.717) is 17.0 Å². The molecule has 0 saturated heterocycles. The molecule has 0 spiro atoms. The maximum Gasteiger partial charge on any atom is 0.374 e. The van der Waals surface area contributed by atoms with Crippen molar-refractivity contribution in [2.24, 2.45) is 4.99 Å². The minimum Gasteiger partial charge on any atom is -0.461 e. The molecule has 0 aliphatic heterocycles. The molecule has 0 heterocycles. The van der Waals surface area contributed by atoms with E-state index in [9.17, 15) is 4.79 Å². The number of carbonyl (C=O) groups excluding carboxylic acids is 1. The van der Waals surface area contributed by atoms with Gasteiger partial charge in [-0.25, -0.2) is 4.79 Å². The van der Waals surface area contributed by atoms with Crippen molar-refractivity contribution in [3.63, 3.8) is 0 Å². The lowest BCUT2D eigenvalue weighted by Crippen LogP contribution is -2.17. The number of methoxy groups -OCH3 is 1. The Kier molecular flexibility index (Phi) is 10.9. The van der Waals surface area contributed by atoms with Gasteiger partial charge in [-0.1, -0.05) is 52.8 Å². The molecule has 0 aromatic heterocycles. The number of hydrogen-bond acceptors (Lipinski definition) is 4. The van der Waals surface area contributed by atoms with Crippen LogP contribution in [0.2, 0.25) is 0 Å². The fourth-order valence-corrected chi connectivity index (χ4v) is 2.93. The van der Waals surface area contributed by atoms with E-state index in [0.717, 1.165) is 23.9 Å². The number of nitrogens with zero attached hydrogens (tertiary/aromatic N) is 1. The van der Waals surface area contributed by atoms with Crippen LogP contribution in [0.15, 0.2) is 23.2 Å². The smallest absolute Gasteiger partial charge is 0.374 e. The molecule has 0 saturated carbocycles. The Balaban J connectivity index is 0.00000576. The molecule has 0 amide bonds. The van der Waals surface area contributed by atoms with Crippen molar-refractivity contribution < 1.29 is 9.53 Å². The Hall–Kier alpha value is -1.20. The molecule has 1 rings (SSSR count). The Morgan fingerprint density at radius 2 is 1.68 bits per heavy atom. The summed E-state index contributed by atoms with van der Waals surface area (Å²) in [6, 6.07) is 6.48. The summed E-state index contributed by atoms with van der Waals surface area (Å²) in [5, 5.41) is 3.65. The summed E-state index contributed by atoms with van der Waals surface area (Å²) in [5.74, 6) is 0.748. The topological polar surface area (TPSA) is 50.7 Å². The second-order valence-electron chi connectivity index (χ2n) is 6.49. The molecule has 0 radical (unpaired) electrons. The highest BCUT2D eigenvalue weighted by Crippen LogP contribution is 2.33. The molecule has 1 aromatic carbocycles. The van der Waals surface area contributed by atoms with Gasteiger partial charge in [0.05, 0.1) is 7.11 Å². The monoisotopic (exact) mass is 386 g/mol. The summed E-state index contributed by atoms with van der Waals surface area (Å²) in [4.78, 5) is 16.4. The van der Waals surface area contributed by atoms with E-state index in [-0.39, 0.29) is 23.8 Å². The average Bonchev–Trinajstić information content (AvgIpc) is 2.53. The summed E-state index contributed by atoms with van der Waals surface area (Å²) in [6.45, 7) is 12.8. The summed E-state index contributed by atoms with van der Waals surface area (Å²) in [5.41, 5.74) is 3.51. The van der Waals surface area contributed by atoms with Crippen LogP contribution >= 0.6 is 24.2 Å². The third-order valence-corrected chi connectivity index (χ3v) is 4.61. The zero-order chi connectivity index (χ0) is 18.3. The summed E-state index contributed by atoms with van der Waals surface area (Å²) >= 11 is 1.00. The number of benzene rings is 1. The van der Waals surface area contributed by atoms with Crippen molar-refractivity contribution >= 4 is 40.3 Å². The van der Waals surface area contributed by atoms with Gasteiger partial charge >= 0.3 is 5.30 Å². The summed E-state index contributed by atoms with van der Waals surface area (Å²) < 4.78 is 4.79. The Labute approximate surface area is 162 Å². The second kappa shape index (κ2) is 11.4. The first-order chi connectivity index (χ1) is 11.3. The Morgan fingerprint density at radius 1 is 1.16 bits per heavy atom. The van der Waals surface area contributed by atoms with Crippen LogP contribution in [0.5, 0.6) is 0 Å². The van der Waals surface area contributed by atoms with Gasteiger partial charge in [0.15, 0.2) is 5.17 Å². The summed E-state index contributed by atoms with van der Waals surface area (Å²) in [6.07, 6.45) is 0.912. The van der Waals surface area contributed by atoms with Crippen molar-refractivity contribution in [1.82, 2.24) is 0 Å². The number of para-hydroxylation sites is 1. The fourth-order valence-electron chi connectivity index (χ4n) is 2.30. The fraction of sp³-hybridized carbons (Fsp3) is 0.579. The van der Waals surface area contributed by atoms with Crippen molar-refractivity contribution in [3.8, 4) is 0 Å². The molecule has 1 N–H and O–H groups in total. The molecule has 0 fully saturated rings. The first-order valence-corrected chi connectivity index (χ1v) is 9.35. The maximum absolute atomic E-state index is 11.7. The number of anilines is 1. The molecule has 0 bridgehead atoms. The molecular weight excluding hydrogens is 356 g/mol. The number of thioether (sulfide) groups is 1. The molecule has 1 unspecified atom stereocenters. The van der Waals surface area contributed by atoms with Crippen LogP contribution in [0.25, 0.3) is 0 Å². The lowest BCUT2D eigenvalue weighted by Gasteiger charge is -2.21. The van der Waals surface area contributed by atoms with Crippen molar-refractivity contribution in [1.29, 1.82) is 0 Å². The lowest BCUT2D eigenvalue weighted by molar-refractivity contribution is 0.200. The number of nitrogens with one attached hydrogen (secondary N) is 1. The molecule has 142 valence electrons. The number of amidine groups is 1. The lowest BCUT2D eigenvalue weighted by atomic mass is 9.93. The molecule has 0 aliphatic rings. The highest BCUT2D eigenvalue weighted by molar-refractivity contribution is 8.26. The highest BCUT2D eigenvalue weighted by atomic mass is 35.5. The van der Waals surface area contributed by atoms with Gasteiger partial charge in [0, 0.05) is 23.5 Å². The van der Waals surface area contributed by atoms with Gasteiger partial charge in [-0.05, 0) is 36.3 Å². The number of ether oxygens (including phenoxy) is 1. The van der Waals surface area contributed by atoms with E-state index in [1.807, 2.05) is 6.92 Å². The van der Waals surface area contributed by atoms with Crippen molar-refractivity contribution in [2.45, 2.75) is 65.8 Å². The van der Waals surface area contributed by atoms with Gasteiger partial charge in [0.1, 0.15) is 0 Å². The number of hydrogen-bond donors (Lipinski definition) is 1.